The zero-order valence-corrected chi connectivity index (χ0v) is 14.1. The molecule has 0 saturated heterocycles. The van der Waals surface area contributed by atoms with E-state index in [-0.39, 0.29) is 12.3 Å². The van der Waals surface area contributed by atoms with Crippen LogP contribution in [0.25, 0.3) is 0 Å². The molecule has 0 aromatic heterocycles. The van der Waals surface area contributed by atoms with Gasteiger partial charge in [-0.05, 0) is 6.42 Å². The van der Waals surface area contributed by atoms with E-state index in [0.717, 1.165) is 18.9 Å². The average Bonchev–Trinajstić information content (AvgIpc) is 2.47. The highest BCUT2D eigenvalue weighted by molar-refractivity contribution is 5.82. The normalized spacial score (nSPS) is 11.3. The molecular formula is C17H31NO4. The Hall–Kier alpha value is -1.52. The zero-order valence-electron chi connectivity index (χ0n) is 14.1. The molecular weight excluding hydrogens is 282 g/mol. The summed E-state index contributed by atoms with van der Waals surface area (Å²) in [5.41, 5.74) is 5.71. The summed E-state index contributed by atoms with van der Waals surface area (Å²) in [6.45, 7) is 3.84. The Morgan fingerprint density at radius 2 is 1.45 bits per heavy atom. The third-order valence-electron chi connectivity index (χ3n) is 3.24. The minimum atomic E-state index is -0.482. The van der Waals surface area contributed by atoms with E-state index in [1.165, 1.54) is 51.9 Å². The van der Waals surface area contributed by atoms with Crippen molar-refractivity contribution in [3.8, 4) is 0 Å². The van der Waals surface area contributed by atoms with E-state index >= 15 is 0 Å². The third-order valence-corrected chi connectivity index (χ3v) is 3.24. The Morgan fingerprint density at radius 3 is 2.00 bits per heavy atom. The van der Waals surface area contributed by atoms with Gasteiger partial charge in [0.2, 0.25) is 0 Å². The van der Waals surface area contributed by atoms with Gasteiger partial charge >= 0.3 is 11.9 Å². The first kappa shape index (κ1) is 20.5. The average molecular weight is 313 g/mol. The van der Waals surface area contributed by atoms with Gasteiger partial charge in [-0.1, -0.05) is 58.3 Å². The lowest BCUT2D eigenvalue weighted by Gasteiger charge is -2.04. The van der Waals surface area contributed by atoms with Gasteiger partial charge in [-0.15, -0.1) is 0 Å². The van der Waals surface area contributed by atoms with E-state index in [0.29, 0.717) is 6.61 Å². The highest BCUT2D eigenvalue weighted by Crippen LogP contribution is 2.09. The van der Waals surface area contributed by atoms with Gasteiger partial charge in [0, 0.05) is 13.0 Å². The summed E-state index contributed by atoms with van der Waals surface area (Å²) in [7, 11) is 0. The van der Waals surface area contributed by atoms with Gasteiger partial charge < -0.3 is 15.2 Å². The van der Waals surface area contributed by atoms with Crippen LogP contribution in [0.4, 0.5) is 0 Å². The summed E-state index contributed by atoms with van der Waals surface area (Å²) in [6.07, 6.45) is 12.2. The molecule has 0 saturated carbocycles. The molecule has 0 aliphatic heterocycles. The number of carbonyl (C=O) groups excluding carboxylic acids is 2. The molecule has 5 heteroatoms. The molecule has 0 aliphatic rings. The van der Waals surface area contributed by atoms with Crippen molar-refractivity contribution < 1.29 is 19.1 Å². The molecule has 0 fully saturated rings. The lowest BCUT2D eigenvalue weighted by Crippen LogP contribution is -2.13. The Kier molecular flexibility index (Phi) is 13.4. The topological polar surface area (TPSA) is 78.6 Å². The van der Waals surface area contributed by atoms with Crippen molar-refractivity contribution in [2.75, 3.05) is 13.2 Å². The summed E-state index contributed by atoms with van der Waals surface area (Å²) in [4.78, 5) is 22.0. The van der Waals surface area contributed by atoms with E-state index in [1.54, 1.807) is 0 Å². The maximum absolute atomic E-state index is 11.4. The molecule has 5 nitrogen and oxygen atoms in total. The van der Waals surface area contributed by atoms with Crippen molar-refractivity contribution in [2.24, 2.45) is 5.73 Å². The van der Waals surface area contributed by atoms with Crippen molar-refractivity contribution in [1.29, 1.82) is 0 Å². The molecule has 128 valence electrons. The number of hydrogen-bond acceptors (Lipinski definition) is 5. The molecule has 0 unspecified atom stereocenters. The molecule has 0 aromatic carbocycles. The zero-order chi connectivity index (χ0) is 16.6. The summed E-state index contributed by atoms with van der Waals surface area (Å²) in [5, 5.41) is 0. The number of hydrogen-bond donors (Lipinski definition) is 1. The highest BCUT2D eigenvalue weighted by atomic mass is 16.5. The van der Waals surface area contributed by atoms with Crippen molar-refractivity contribution >= 4 is 11.9 Å². The number of unbranched alkanes of at least 4 members (excludes halogenated alkanes) is 8. The van der Waals surface area contributed by atoms with Gasteiger partial charge in [0.15, 0.2) is 0 Å². The number of nitrogens with two attached hydrogens (primary N) is 1. The van der Waals surface area contributed by atoms with E-state index in [9.17, 15) is 9.59 Å². The second-order valence-electron chi connectivity index (χ2n) is 5.50. The van der Waals surface area contributed by atoms with Gasteiger partial charge in [0.25, 0.3) is 0 Å². The maximum atomic E-state index is 11.4. The first-order valence-electron chi connectivity index (χ1n) is 8.32. The summed E-state index contributed by atoms with van der Waals surface area (Å²) in [5.74, 6) is -0.913. The molecule has 2 N–H and O–H groups in total. The Labute approximate surface area is 134 Å². The Morgan fingerprint density at radius 1 is 0.909 bits per heavy atom. The fraction of sp³-hybridized carbons (Fsp3) is 0.765. The fourth-order valence-electron chi connectivity index (χ4n) is 2.01. The van der Waals surface area contributed by atoms with Crippen LogP contribution in [0.15, 0.2) is 11.8 Å². The minimum absolute atomic E-state index is 0.0809. The standard InChI is InChI=1S/C17H31NO4/c1-3-4-5-6-7-8-9-10-11-12-21-17(20)13-16(18)14-22-15(2)19/h13H,3-12,14,18H2,1-2H3/b16-13+. The number of ether oxygens (including phenoxy) is 2. The first-order valence-corrected chi connectivity index (χ1v) is 8.32. The molecule has 0 amide bonds. The lowest BCUT2D eigenvalue weighted by atomic mass is 10.1. The second kappa shape index (κ2) is 14.4. The number of rotatable bonds is 13. The first-order chi connectivity index (χ1) is 10.6. The van der Waals surface area contributed by atoms with Gasteiger partial charge in [0.05, 0.1) is 12.3 Å². The van der Waals surface area contributed by atoms with Crippen molar-refractivity contribution in [3.05, 3.63) is 11.8 Å². The summed E-state index contributed by atoms with van der Waals surface area (Å²) < 4.78 is 9.71. The van der Waals surface area contributed by atoms with Crippen molar-refractivity contribution in [3.63, 3.8) is 0 Å². The van der Waals surface area contributed by atoms with Crippen LogP contribution in [-0.2, 0) is 19.1 Å². The van der Waals surface area contributed by atoms with E-state index in [2.05, 4.69) is 11.7 Å². The van der Waals surface area contributed by atoms with Gasteiger partial charge in [-0.2, -0.15) is 0 Å². The van der Waals surface area contributed by atoms with Crippen LogP contribution in [0.2, 0.25) is 0 Å². The van der Waals surface area contributed by atoms with Crippen LogP contribution in [0.1, 0.15) is 71.6 Å². The van der Waals surface area contributed by atoms with Crippen LogP contribution in [0.5, 0.6) is 0 Å². The van der Waals surface area contributed by atoms with E-state index in [4.69, 9.17) is 10.5 Å². The SMILES string of the molecule is CCCCCCCCCCCOC(=O)/C=C(/N)COC(C)=O. The summed E-state index contributed by atoms with van der Waals surface area (Å²) >= 11 is 0. The van der Waals surface area contributed by atoms with Crippen molar-refractivity contribution in [2.45, 2.75) is 71.6 Å². The molecule has 0 spiro atoms. The molecule has 0 aromatic rings. The van der Waals surface area contributed by atoms with Crippen LogP contribution in [-0.4, -0.2) is 25.2 Å². The smallest absolute Gasteiger partial charge is 0.332 e. The maximum Gasteiger partial charge on any atom is 0.332 e. The molecule has 0 atom stereocenters. The van der Waals surface area contributed by atoms with E-state index < -0.39 is 11.9 Å². The number of esters is 2. The van der Waals surface area contributed by atoms with Gasteiger partial charge in [-0.3, -0.25) is 4.79 Å². The Balaban J connectivity index is 3.45. The highest BCUT2D eigenvalue weighted by Gasteiger charge is 2.02. The minimum Gasteiger partial charge on any atom is -0.462 e. The monoisotopic (exact) mass is 313 g/mol. The molecule has 0 radical (unpaired) electrons. The van der Waals surface area contributed by atoms with Crippen LogP contribution in [0.3, 0.4) is 0 Å². The quantitative estimate of drug-likeness (QED) is 0.320. The molecule has 0 bridgehead atoms. The lowest BCUT2D eigenvalue weighted by molar-refractivity contribution is -0.141. The van der Waals surface area contributed by atoms with E-state index in [1.807, 2.05) is 0 Å². The van der Waals surface area contributed by atoms with Crippen LogP contribution < -0.4 is 5.73 Å². The summed E-state index contributed by atoms with van der Waals surface area (Å²) in [6, 6.07) is 0. The van der Waals surface area contributed by atoms with Crippen LogP contribution >= 0.6 is 0 Å². The molecule has 0 aliphatic carbocycles. The predicted molar refractivity (Wildman–Crippen MR) is 87.1 cm³/mol. The van der Waals surface area contributed by atoms with Crippen molar-refractivity contribution in [1.82, 2.24) is 0 Å². The molecule has 0 rings (SSSR count). The largest absolute Gasteiger partial charge is 0.462 e. The fourth-order valence-corrected chi connectivity index (χ4v) is 2.01. The van der Waals surface area contributed by atoms with Gasteiger partial charge in [-0.25, -0.2) is 4.79 Å². The number of carbonyl (C=O) groups is 2. The molecule has 22 heavy (non-hydrogen) atoms. The third kappa shape index (κ3) is 14.9. The molecule has 0 heterocycles. The Bertz CT molecular complexity index is 340. The van der Waals surface area contributed by atoms with Gasteiger partial charge in [0.1, 0.15) is 6.61 Å². The predicted octanol–water partition coefficient (Wildman–Crippen LogP) is 3.47. The second-order valence-corrected chi connectivity index (χ2v) is 5.50. The van der Waals surface area contributed by atoms with Crippen LogP contribution in [0, 0.1) is 0 Å².